The zero-order valence-electron chi connectivity index (χ0n) is 9.82. The van der Waals surface area contributed by atoms with Gasteiger partial charge < -0.3 is 15.0 Å². The van der Waals surface area contributed by atoms with Crippen LogP contribution in [-0.4, -0.2) is 43.7 Å². The summed E-state index contributed by atoms with van der Waals surface area (Å²) in [6.45, 7) is 3.04. The first-order valence-electron chi connectivity index (χ1n) is 5.04. The van der Waals surface area contributed by atoms with Gasteiger partial charge in [0.25, 0.3) is 0 Å². The van der Waals surface area contributed by atoms with Crippen LogP contribution >= 0.6 is 0 Å². The SMILES string of the molecule is COc1ccc(NCC(C)N(C)C)nc1. The van der Waals surface area contributed by atoms with Crippen LogP contribution in [0.1, 0.15) is 6.92 Å². The molecule has 1 heterocycles. The molecule has 1 N–H and O–H groups in total. The van der Waals surface area contributed by atoms with Crippen molar-refractivity contribution < 1.29 is 4.74 Å². The van der Waals surface area contributed by atoms with E-state index in [1.54, 1.807) is 13.3 Å². The monoisotopic (exact) mass is 209 g/mol. The van der Waals surface area contributed by atoms with Crippen LogP contribution in [0.15, 0.2) is 18.3 Å². The molecule has 0 saturated carbocycles. The zero-order chi connectivity index (χ0) is 11.3. The molecule has 0 saturated heterocycles. The second-order valence-corrected chi connectivity index (χ2v) is 3.78. The topological polar surface area (TPSA) is 37.4 Å². The van der Waals surface area contributed by atoms with Crippen LogP contribution in [0.2, 0.25) is 0 Å². The van der Waals surface area contributed by atoms with Gasteiger partial charge in [-0.2, -0.15) is 0 Å². The number of anilines is 1. The largest absolute Gasteiger partial charge is 0.495 e. The summed E-state index contributed by atoms with van der Waals surface area (Å²) in [5.41, 5.74) is 0. The fraction of sp³-hybridized carbons (Fsp3) is 0.545. The van der Waals surface area contributed by atoms with E-state index in [1.807, 2.05) is 12.1 Å². The summed E-state index contributed by atoms with van der Waals surface area (Å²) in [5, 5.41) is 3.27. The molecule has 15 heavy (non-hydrogen) atoms. The lowest BCUT2D eigenvalue weighted by Crippen LogP contribution is -2.31. The second-order valence-electron chi connectivity index (χ2n) is 3.78. The Hall–Kier alpha value is -1.29. The Balaban J connectivity index is 2.44. The quantitative estimate of drug-likeness (QED) is 0.796. The highest BCUT2D eigenvalue weighted by Gasteiger charge is 2.03. The predicted octanol–water partition coefficient (Wildman–Crippen LogP) is 1.45. The van der Waals surface area contributed by atoms with E-state index in [0.29, 0.717) is 6.04 Å². The van der Waals surface area contributed by atoms with Crippen LogP contribution in [0.3, 0.4) is 0 Å². The van der Waals surface area contributed by atoms with Gasteiger partial charge >= 0.3 is 0 Å². The van der Waals surface area contributed by atoms with E-state index in [1.165, 1.54) is 0 Å². The van der Waals surface area contributed by atoms with Gasteiger partial charge in [0.1, 0.15) is 11.6 Å². The van der Waals surface area contributed by atoms with Gasteiger partial charge in [0.2, 0.25) is 0 Å². The Morgan fingerprint density at radius 3 is 2.67 bits per heavy atom. The summed E-state index contributed by atoms with van der Waals surface area (Å²) in [7, 11) is 5.76. The van der Waals surface area contributed by atoms with Crippen LogP contribution in [0.5, 0.6) is 5.75 Å². The Kier molecular flexibility index (Phi) is 4.37. The van der Waals surface area contributed by atoms with Gasteiger partial charge in [-0.3, -0.25) is 0 Å². The van der Waals surface area contributed by atoms with Gasteiger partial charge in [-0.15, -0.1) is 0 Å². The third kappa shape index (κ3) is 3.75. The Labute approximate surface area is 91.3 Å². The van der Waals surface area contributed by atoms with E-state index in [0.717, 1.165) is 18.1 Å². The van der Waals surface area contributed by atoms with E-state index in [4.69, 9.17) is 4.74 Å². The van der Waals surface area contributed by atoms with Crippen LogP contribution in [0.4, 0.5) is 5.82 Å². The molecule has 0 aliphatic carbocycles. The minimum absolute atomic E-state index is 0.480. The Morgan fingerprint density at radius 1 is 1.47 bits per heavy atom. The van der Waals surface area contributed by atoms with Crippen molar-refractivity contribution in [3.05, 3.63) is 18.3 Å². The summed E-state index contributed by atoms with van der Waals surface area (Å²) in [5.74, 6) is 1.66. The number of rotatable bonds is 5. The number of hydrogen-bond donors (Lipinski definition) is 1. The normalized spacial score (nSPS) is 12.6. The summed E-state index contributed by atoms with van der Waals surface area (Å²) in [6, 6.07) is 4.30. The molecule has 0 aliphatic heterocycles. The van der Waals surface area contributed by atoms with Crippen LogP contribution in [0, 0.1) is 0 Å². The first kappa shape index (κ1) is 11.8. The van der Waals surface area contributed by atoms with Gasteiger partial charge in [0.15, 0.2) is 0 Å². The van der Waals surface area contributed by atoms with Crippen molar-refractivity contribution in [3.63, 3.8) is 0 Å². The van der Waals surface area contributed by atoms with Gasteiger partial charge in [-0.05, 0) is 33.2 Å². The fourth-order valence-corrected chi connectivity index (χ4v) is 1.04. The van der Waals surface area contributed by atoms with Crippen LogP contribution in [0.25, 0.3) is 0 Å². The molecule has 4 heteroatoms. The lowest BCUT2D eigenvalue weighted by atomic mass is 10.3. The number of nitrogens with one attached hydrogen (secondary N) is 1. The number of aromatic nitrogens is 1. The molecule has 0 aromatic carbocycles. The highest BCUT2D eigenvalue weighted by molar-refractivity contribution is 5.37. The molecule has 1 aromatic rings. The summed E-state index contributed by atoms with van der Waals surface area (Å²) in [4.78, 5) is 6.39. The first-order chi connectivity index (χ1) is 7.13. The maximum Gasteiger partial charge on any atom is 0.137 e. The summed E-state index contributed by atoms with van der Waals surface area (Å²) in [6.07, 6.45) is 1.71. The molecule has 0 spiro atoms. The molecular formula is C11H19N3O. The smallest absolute Gasteiger partial charge is 0.137 e. The molecule has 0 aliphatic rings. The second kappa shape index (κ2) is 5.56. The summed E-state index contributed by atoms with van der Waals surface area (Å²) < 4.78 is 5.03. The van der Waals surface area contributed by atoms with E-state index < -0.39 is 0 Å². The minimum Gasteiger partial charge on any atom is -0.495 e. The van der Waals surface area contributed by atoms with E-state index in [9.17, 15) is 0 Å². The van der Waals surface area contributed by atoms with E-state index >= 15 is 0 Å². The number of hydrogen-bond acceptors (Lipinski definition) is 4. The first-order valence-corrected chi connectivity index (χ1v) is 5.04. The molecule has 0 bridgehead atoms. The molecule has 1 atom stereocenters. The number of ether oxygens (including phenoxy) is 1. The molecule has 1 aromatic heterocycles. The highest BCUT2D eigenvalue weighted by atomic mass is 16.5. The predicted molar refractivity (Wildman–Crippen MR) is 62.4 cm³/mol. The van der Waals surface area contributed by atoms with Crippen molar-refractivity contribution in [1.82, 2.24) is 9.88 Å². The third-order valence-corrected chi connectivity index (χ3v) is 2.43. The van der Waals surface area contributed by atoms with E-state index in [-0.39, 0.29) is 0 Å². The van der Waals surface area contributed by atoms with Crippen LogP contribution < -0.4 is 10.1 Å². The van der Waals surface area contributed by atoms with Crippen molar-refractivity contribution in [2.75, 3.05) is 33.1 Å². The molecule has 0 amide bonds. The van der Waals surface area contributed by atoms with Gasteiger partial charge in [0, 0.05) is 12.6 Å². The average Bonchev–Trinajstić information content (AvgIpc) is 2.26. The zero-order valence-corrected chi connectivity index (χ0v) is 9.82. The number of methoxy groups -OCH3 is 1. The Morgan fingerprint density at radius 2 is 2.20 bits per heavy atom. The maximum absolute atomic E-state index is 5.03. The highest BCUT2D eigenvalue weighted by Crippen LogP contribution is 2.11. The number of pyridine rings is 1. The molecular weight excluding hydrogens is 190 g/mol. The minimum atomic E-state index is 0.480. The molecule has 0 radical (unpaired) electrons. The van der Waals surface area contributed by atoms with Crippen molar-refractivity contribution >= 4 is 5.82 Å². The third-order valence-electron chi connectivity index (χ3n) is 2.43. The van der Waals surface area contributed by atoms with Gasteiger partial charge in [-0.25, -0.2) is 4.98 Å². The van der Waals surface area contributed by atoms with Crippen molar-refractivity contribution in [3.8, 4) is 5.75 Å². The fourth-order valence-electron chi connectivity index (χ4n) is 1.04. The lowest BCUT2D eigenvalue weighted by Gasteiger charge is -2.20. The lowest BCUT2D eigenvalue weighted by molar-refractivity contribution is 0.326. The standard InChI is InChI=1S/C11H19N3O/c1-9(14(2)3)7-12-11-6-5-10(15-4)8-13-11/h5-6,8-9H,7H2,1-4H3,(H,12,13). The van der Waals surface area contributed by atoms with Crippen LogP contribution in [-0.2, 0) is 0 Å². The molecule has 1 rings (SSSR count). The maximum atomic E-state index is 5.03. The van der Waals surface area contributed by atoms with Gasteiger partial charge in [0.05, 0.1) is 13.3 Å². The molecule has 0 fully saturated rings. The summed E-state index contributed by atoms with van der Waals surface area (Å²) >= 11 is 0. The molecule has 4 nitrogen and oxygen atoms in total. The van der Waals surface area contributed by atoms with Crippen molar-refractivity contribution in [1.29, 1.82) is 0 Å². The average molecular weight is 209 g/mol. The Bertz CT molecular complexity index is 284. The number of likely N-dealkylation sites (N-methyl/N-ethyl adjacent to an activating group) is 1. The van der Waals surface area contributed by atoms with Crippen molar-refractivity contribution in [2.45, 2.75) is 13.0 Å². The molecule has 1 unspecified atom stereocenters. The number of nitrogens with zero attached hydrogens (tertiary/aromatic N) is 2. The molecule has 84 valence electrons. The van der Waals surface area contributed by atoms with E-state index in [2.05, 4.69) is 36.2 Å². The van der Waals surface area contributed by atoms with Crippen molar-refractivity contribution in [2.24, 2.45) is 0 Å². The van der Waals surface area contributed by atoms with Gasteiger partial charge in [-0.1, -0.05) is 0 Å².